The van der Waals surface area contributed by atoms with Crippen LogP contribution in [0.3, 0.4) is 0 Å². The van der Waals surface area contributed by atoms with Crippen LogP contribution in [0.15, 0.2) is 52.4 Å². The Morgan fingerprint density at radius 3 is 2.42 bits per heavy atom. The van der Waals surface area contributed by atoms with Crippen LogP contribution >= 0.6 is 0 Å². The summed E-state index contributed by atoms with van der Waals surface area (Å²) in [6.45, 7) is 7.66. The second kappa shape index (κ2) is 8.45. The topological polar surface area (TPSA) is 63.8 Å². The van der Waals surface area contributed by atoms with Gasteiger partial charge in [0.2, 0.25) is 0 Å². The van der Waals surface area contributed by atoms with E-state index < -0.39 is 17.7 Å². The van der Waals surface area contributed by atoms with Gasteiger partial charge in [0.25, 0.3) is 0 Å². The number of carbonyl (C=O) groups excluding carboxylic acids is 1. The van der Waals surface area contributed by atoms with Gasteiger partial charge in [-0.2, -0.15) is 13.2 Å². The summed E-state index contributed by atoms with van der Waals surface area (Å²) in [4.78, 5) is 16.3. The molecular formula is C23H23F3N2O3. The molecule has 8 heteroatoms. The highest BCUT2D eigenvalue weighted by molar-refractivity contribution is 6.22. The van der Waals surface area contributed by atoms with Gasteiger partial charge in [-0.25, -0.2) is 9.79 Å². The molecule has 5 nitrogen and oxygen atoms in total. The highest BCUT2D eigenvalue weighted by Gasteiger charge is 2.30. The van der Waals surface area contributed by atoms with Crippen molar-refractivity contribution in [3.63, 3.8) is 0 Å². The lowest BCUT2D eigenvalue weighted by Gasteiger charge is -2.11. The smallest absolute Gasteiger partial charge is 0.416 e. The number of aliphatic imine (C=N–C) groups is 1. The van der Waals surface area contributed by atoms with E-state index in [0.29, 0.717) is 12.3 Å². The molecule has 0 radical (unpaired) electrons. The van der Waals surface area contributed by atoms with Crippen LogP contribution in [0.1, 0.15) is 41.9 Å². The molecule has 1 aromatic heterocycles. The predicted octanol–water partition coefficient (Wildman–Crippen LogP) is 5.36. The van der Waals surface area contributed by atoms with Crippen molar-refractivity contribution in [2.45, 2.75) is 40.4 Å². The quantitative estimate of drug-likeness (QED) is 0.647. The number of aliphatic hydroxyl groups excluding tert-OH is 1. The zero-order chi connectivity index (χ0) is 22.9. The monoisotopic (exact) mass is 432 g/mol. The van der Waals surface area contributed by atoms with Gasteiger partial charge >= 0.3 is 12.1 Å². The summed E-state index contributed by atoms with van der Waals surface area (Å²) in [6.07, 6.45) is -2.69. The van der Waals surface area contributed by atoms with E-state index in [2.05, 4.69) is 4.99 Å². The Bertz CT molecular complexity index is 1100. The molecule has 0 saturated carbocycles. The Morgan fingerprint density at radius 1 is 1.19 bits per heavy atom. The first-order valence-electron chi connectivity index (χ1n) is 9.73. The van der Waals surface area contributed by atoms with Crippen molar-refractivity contribution >= 4 is 17.8 Å². The molecule has 0 atom stereocenters. The van der Waals surface area contributed by atoms with E-state index in [1.54, 1.807) is 19.9 Å². The molecule has 0 bridgehead atoms. The third-order valence-electron chi connectivity index (χ3n) is 5.14. The van der Waals surface area contributed by atoms with Gasteiger partial charge in [0, 0.05) is 17.9 Å². The minimum Gasteiger partial charge on any atom is -0.505 e. The number of hydrogen-bond donors (Lipinski definition) is 1. The number of hydrogen-bond acceptors (Lipinski definition) is 4. The summed E-state index contributed by atoms with van der Waals surface area (Å²) in [5.74, 6) is -0.860. The van der Waals surface area contributed by atoms with Crippen molar-refractivity contribution < 1.29 is 27.8 Å². The van der Waals surface area contributed by atoms with E-state index in [0.717, 1.165) is 34.6 Å². The van der Waals surface area contributed by atoms with E-state index in [9.17, 15) is 23.1 Å². The van der Waals surface area contributed by atoms with Crippen LogP contribution < -0.4 is 0 Å². The van der Waals surface area contributed by atoms with E-state index in [-0.39, 0.29) is 23.6 Å². The number of carbonyl (C=O) groups is 1. The average molecular weight is 432 g/mol. The SMILES string of the molecule is CCOC(=O)C1=C(O)/C(=C\c2cc(C)n(Cc3ccc(C(F)(F)F)cc3)c2C)N=C1C. The summed E-state index contributed by atoms with van der Waals surface area (Å²) in [5, 5.41) is 10.5. The lowest BCUT2D eigenvalue weighted by atomic mass is 10.1. The Morgan fingerprint density at radius 2 is 1.84 bits per heavy atom. The zero-order valence-electron chi connectivity index (χ0n) is 17.7. The predicted molar refractivity (Wildman–Crippen MR) is 112 cm³/mol. The van der Waals surface area contributed by atoms with E-state index >= 15 is 0 Å². The highest BCUT2D eigenvalue weighted by Crippen LogP contribution is 2.30. The number of aryl methyl sites for hydroxylation is 1. The first-order chi connectivity index (χ1) is 14.5. The fourth-order valence-corrected chi connectivity index (χ4v) is 3.48. The first kappa shape index (κ1) is 22.4. The first-order valence-corrected chi connectivity index (χ1v) is 9.73. The maximum atomic E-state index is 12.8. The molecule has 1 aliphatic heterocycles. The zero-order valence-corrected chi connectivity index (χ0v) is 17.7. The molecular weight excluding hydrogens is 409 g/mol. The van der Waals surface area contributed by atoms with Crippen LogP contribution in [0.4, 0.5) is 13.2 Å². The number of nitrogens with zero attached hydrogens (tertiary/aromatic N) is 2. The van der Waals surface area contributed by atoms with Crippen LogP contribution in [-0.2, 0) is 22.3 Å². The molecule has 1 N–H and O–H groups in total. The van der Waals surface area contributed by atoms with Gasteiger partial charge in [-0.05, 0) is 63.1 Å². The van der Waals surface area contributed by atoms with Crippen molar-refractivity contribution in [3.05, 3.63) is 75.4 Å². The lowest BCUT2D eigenvalue weighted by molar-refractivity contribution is -0.138. The molecule has 1 aromatic carbocycles. The molecule has 0 fully saturated rings. The number of aromatic nitrogens is 1. The fraction of sp³-hybridized carbons (Fsp3) is 0.304. The van der Waals surface area contributed by atoms with Gasteiger partial charge in [0.15, 0.2) is 5.76 Å². The summed E-state index contributed by atoms with van der Waals surface area (Å²) in [5.41, 5.74) is 3.27. The number of alkyl halides is 3. The number of ether oxygens (including phenoxy) is 1. The molecule has 3 rings (SSSR count). The second-order valence-corrected chi connectivity index (χ2v) is 7.28. The Labute approximate surface area is 178 Å². The van der Waals surface area contributed by atoms with Crippen molar-refractivity contribution in [2.24, 2.45) is 4.99 Å². The fourth-order valence-electron chi connectivity index (χ4n) is 3.48. The van der Waals surface area contributed by atoms with Crippen molar-refractivity contribution in [2.75, 3.05) is 6.61 Å². The molecule has 164 valence electrons. The van der Waals surface area contributed by atoms with E-state index in [1.165, 1.54) is 12.1 Å². The van der Waals surface area contributed by atoms with E-state index in [1.807, 2.05) is 24.5 Å². The maximum absolute atomic E-state index is 12.8. The van der Waals surface area contributed by atoms with Gasteiger partial charge < -0.3 is 14.4 Å². The van der Waals surface area contributed by atoms with Gasteiger partial charge in [-0.15, -0.1) is 0 Å². The maximum Gasteiger partial charge on any atom is 0.416 e. The number of benzene rings is 1. The summed E-state index contributed by atoms with van der Waals surface area (Å²) < 4.78 is 45.3. The van der Waals surface area contributed by atoms with Gasteiger partial charge in [0.05, 0.1) is 17.9 Å². The van der Waals surface area contributed by atoms with Crippen molar-refractivity contribution in [1.29, 1.82) is 0 Å². The molecule has 0 saturated heterocycles. The standard InChI is InChI=1S/C23H23F3N2O3/c1-5-31-22(30)20-14(3)27-19(21(20)29)11-17-10-13(2)28(15(17)4)12-16-6-8-18(9-7-16)23(24,25)26/h6-11,29H,5,12H2,1-4H3/b19-11+. The summed E-state index contributed by atoms with van der Waals surface area (Å²) >= 11 is 0. The molecule has 2 heterocycles. The molecule has 31 heavy (non-hydrogen) atoms. The number of aliphatic hydroxyl groups is 1. The van der Waals surface area contributed by atoms with Crippen LogP contribution in [0, 0.1) is 13.8 Å². The number of halogens is 3. The Hall–Kier alpha value is -3.29. The molecule has 1 aliphatic rings. The number of rotatable bonds is 5. The Kier molecular flexibility index (Phi) is 6.10. The lowest BCUT2D eigenvalue weighted by Crippen LogP contribution is -2.13. The summed E-state index contributed by atoms with van der Waals surface area (Å²) in [6, 6.07) is 6.96. The van der Waals surface area contributed by atoms with Gasteiger partial charge in [-0.1, -0.05) is 12.1 Å². The van der Waals surface area contributed by atoms with Gasteiger partial charge in [0.1, 0.15) is 11.3 Å². The molecule has 0 unspecified atom stereocenters. The van der Waals surface area contributed by atoms with Crippen molar-refractivity contribution in [1.82, 2.24) is 4.57 Å². The minimum absolute atomic E-state index is 0.0478. The second-order valence-electron chi connectivity index (χ2n) is 7.28. The highest BCUT2D eigenvalue weighted by atomic mass is 19.4. The molecule has 2 aromatic rings. The number of esters is 1. The molecule has 0 aliphatic carbocycles. The van der Waals surface area contributed by atoms with Crippen LogP contribution in [-0.4, -0.2) is 28.0 Å². The molecule has 0 amide bonds. The minimum atomic E-state index is -4.37. The summed E-state index contributed by atoms with van der Waals surface area (Å²) in [7, 11) is 0. The normalized spacial score (nSPS) is 15.6. The average Bonchev–Trinajstić information content (AvgIpc) is 3.11. The van der Waals surface area contributed by atoms with E-state index in [4.69, 9.17) is 4.74 Å². The largest absolute Gasteiger partial charge is 0.505 e. The third-order valence-corrected chi connectivity index (χ3v) is 5.14. The molecule has 0 spiro atoms. The van der Waals surface area contributed by atoms with Crippen molar-refractivity contribution in [3.8, 4) is 0 Å². The Balaban J connectivity index is 1.89. The van der Waals surface area contributed by atoms with Crippen LogP contribution in [0.25, 0.3) is 6.08 Å². The van der Waals surface area contributed by atoms with Crippen LogP contribution in [0.5, 0.6) is 0 Å². The third kappa shape index (κ3) is 4.57. The van der Waals surface area contributed by atoms with Gasteiger partial charge in [-0.3, -0.25) is 0 Å². The van der Waals surface area contributed by atoms with Crippen LogP contribution in [0.2, 0.25) is 0 Å².